The summed E-state index contributed by atoms with van der Waals surface area (Å²) in [7, 11) is 0. The van der Waals surface area contributed by atoms with Crippen LogP contribution in [0.2, 0.25) is 0 Å². The average Bonchev–Trinajstić information content (AvgIpc) is 2.63. The van der Waals surface area contributed by atoms with Gasteiger partial charge in [0.05, 0.1) is 24.7 Å². The molecule has 2 rings (SSSR count). The van der Waals surface area contributed by atoms with Crippen molar-refractivity contribution >= 4 is 21.7 Å². The van der Waals surface area contributed by atoms with Crippen LogP contribution in [0, 0.1) is 11.8 Å². The van der Waals surface area contributed by atoms with E-state index in [0.717, 1.165) is 10.2 Å². The van der Waals surface area contributed by atoms with Gasteiger partial charge in [0, 0.05) is 10.0 Å². The third-order valence-electron chi connectivity index (χ3n) is 4.06. The second-order valence-corrected chi connectivity index (χ2v) is 6.22. The largest absolute Gasteiger partial charge is 0.494 e. The Morgan fingerprint density at radius 3 is 2.50 bits per heavy atom. The molecule has 0 amide bonds. The number of carbonyl (C=O) groups is 1. The quantitative estimate of drug-likeness (QED) is 0.774. The minimum atomic E-state index is -0.0840. The van der Waals surface area contributed by atoms with E-state index in [1.807, 2.05) is 39.0 Å². The highest BCUT2D eigenvalue weighted by molar-refractivity contribution is 9.10. The second-order valence-electron chi connectivity index (χ2n) is 5.37. The molecule has 0 radical (unpaired) electrons. The van der Waals surface area contributed by atoms with E-state index in [2.05, 4.69) is 22.9 Å². The molecule has 0 bridgehead atoms. The highest BCUT2D eigenvalue weighted by atomic mass is 79.9. The minimum absolute atomic E-state index is 0.0361. The lowest BCUT2D eigenvalue weighted by Crippen LogP contribution is -2.27. The van der Waals surface area contributed by atoms with Crippen LogP contribution in [-0.4, -0.2) is 24.6 Å². The summed E-state index contributed by atoms with van der Waals surface area (Å²) >= 11 is 3.48. The molecule has 4 unspecified atom stereocenters. The smallest absolute Gasteiger partial charge is 0.170 e. The molecule has 1 aromatic carbocycles. The zero-order valence-corrected chi connectivity index (χ0v) is 13.9. The van der Waals surface area contributed by atoms with Crippen LogP contribution in [0.3, 0.4) is 0 Å². The molecule has 0 N–H and O–H groups in total. The number of carbonyl (C=O) groups excluding carboxylic acids is 1. The molecule has 1 aliphatic rings. The number of ether oxygens (including phenoxy) is 2. The standard InChI is InChI=1S/C16H21BrO3/c1-5-19-12-6-7-13(14(17)8-12)16(18)15-9(2)10(3)20-11(15)4/h6-11,15H,5H2,1-4H3. The zero-order valence-electron chi connectivity index (χ0n) is 12.4. The van der Waals surface area contributed by atoms with Crippen molar-refractivity contribution in [1.82, 2.24) is 0 Å². The molecule has 4 heteroatoms. The summed E-state index contributed by atoms with van der Waals surface area (Å²) < 4.78 is 12.0. The summed E-state index contributed by atoms with van der Waals surface area (Å²) in [5.41, 5.74) is 0.704. The Hall–Kier alpha value is -0.870. The van der Waals surface area contributed by atoms with Gasteiger partial charge in [0.25, 0.3) is 0 Å². The molecule has 110 valence electrons. The van der Waals surface area contributed by atoms with E-state index in [1.54, 1.807) is 0 Å². The van der Waals surface area contributed by atoms with Crippen LogP contribution in [0.15, 0.2) is 22.7 Å². The Labute approximate surface area is 128 Å². The van der Waals surface area contributed by atoms with Gasteiger partial charge in [-0.1, -0.05) is 6.92 Å². The predicted octanol–water partition coefficient (Wildman–Crippen LogP) is 4.09. The fourth-order valence-corrected chi connectivity index (χ4v) is 3.40. The number of halogens is 1. The molecule has 1 aromatic rings. The first-order valence-electron chi connectivity index (χ1n) is 7.07. The second kappa shape index (κ2) is 6.27. The molecule has 0 saturated carbocycles. The van der Waals surface area contributed by atoms with Crippen molar-refractivity contribution in [3.8, 4) is 5.75 Å². The fraction of sp³-hybridized carbons (Fsp3) is 0.562. The van der Waals surface area contributed by atoms with Gasteiger partial charge in [-0.15, -0.1) is 0 Å². The zero-order chi connectivity index (χ0) is 14.9. The molecule has 3 nitrogen and oxygen atoms in total. The van der Waals surface area contributed by atoms with Crippen molar-refractivity contribution in [1.29, 1.82) is 0 Å². The van der Waals surface area contributed by atoms with Gasteiger partial charge in [-0.05, 0) is 60.8 Å². The summed E-state index contributed by atoms with van der Waals surface area (Å²) in [6.45, 7) is 8.64. The van der Waals surface area contributed by atoms with Gasteiger partial charge >= 0.3 is 0 Å². The molecule has 0 spiro atoms. The Morgan fingerprint density at radius 1 is 1.30 bits per heavy atom. The van der Waals surface area contributed by atoms with Gasteiger partial charge in [0.15, 0.2) is 5.78 Å². The average molecular weight is 341 g/mol. The van der Waals surface area contributed by atoms with Crippen molar-refractivity contribution in [2.45, 2.75) is 39.9 Å². The van der Waals surface area contributed by atoms with E-state index in [4.69, 9.17) is 9.47 Å². The Morgan fingerprint density at radius 2 is 2.00 bits per heavy atom. The van der Waals surface area contributed by atoms with Crippen LogP contribution in [0.25, 0.3) is 0 Å². The summed E-state index contributed by atoms with van der Waals surface area (Å²) in [5.74, 6) is 1.06. The number of ketones is 1. The first-order valence-corrected chi connectivity index (χ1v) is 7.87. The topological polar surface area (TPSA) is 35.5 Å². The summed E-state index contributed by atoms with van der Waals surface area (Å²) in [6.07, 6.45) is 0.0893. The van der Waals surface area contributed by atoms with Crippen molar-refractivity contribution in [2.24, 2.45) is 11.8 Å². The Kier molecular flexibility index (Phi) is 4.86. The van der Waals surface area contributed by atoms with Crippen LogP contribution in [0.4, 0.5) is 0 Å². The molecule has 1 heterocycles. The first-order chi connectivity index (χ1) is 9.45. The van der Waals surface area contributed by atoms with Gasteiger partial charge in [-0.2, -0.15) is 0 Å². The summed E-state index contributed by atoms with van der Waals surface area (Å²) in [6, 6.07) is 5.53. The molecule has 20 heavy (non-hydrogen) atoms. The normalized spacial score (nSPS) is 29.4. The van der Waals surface area contributed by atoms with Crippen LogP contribution in [0.1, 0.15) is 38.1 Å². The van der Waals surface area contributed by atoms with Gasteiger partial charge in [-0.25, -0.2) is 0 Å². The summed E-state index contributed by atoms with van der Waals surface area (Å²) in [5, 5.41) is 0. The van der Waals surface area contributed by atoms with Crippen LogP contribution in [0.5, 0.6) is 5.75 Å². The van der Waals surface area contributed by atoms with E-state index in [0.29, 0.717) is 12.2 Å². The molecule has 1 fully saturated rings. The van der Waals surface area contributed by atoms with E-state index in [1.165, 1.54) is 0 Å². The maximum absolute atomic E-state index is 12.8. The van der Waals surface area contributed by atoms with E-state index in [-0.39, 0.29) is 29.8 Å². The Balaban J connectivity index is 2.25. The fourth-order valence-electron chi connectivity index (χ4n) is 2.85. The van der Waals surface area contributed by atoms with Crippen molar-refractivity contribution in [3.63, 3.8) is 0 Å². The minimum Gasteiger partial charge on any atom is -0.494 e. The lowest BCUT2D eigenvalue weighted by molar-refractivity contribution is 0.0491. The van der Waals surface area contributed by atoms with E-state index < -0.39 is 0 Å². The number of hydrogen-bond acceptors (Lipinski definition) is 3. The number of rotatable bonds is 4. The van der Waals surface area contributed by atoms with Crippen LogP contribution >= 0.6 is 15.9 Å². The molecule has 1 aliphatic heterocycles. The molecule has 1 saturated heterocycles. The predicted molar refractivity (Wildman–Crippen MR) is 82.3 cm³/mol. The van der Waals surface area contributed by atoms with Gasteiger partial charge < -0.3 is 9.47 Å². The molecule has 4 atom stereocenters. The van der Waals surface area contributed by atoms with E-state index in [9.17, 15) is 4.79 Å². The maximum atomic E-state index is 12.8. The van der Waals surface area contributed by atoms with Crippen LogP contribution in [-0.2, 0) is 4.74 Å². The number of benzene rings is 1. The van der Waals surface area contributed by atoms with Crippen LogP contribution < -0.4 is 4.74 Å². The number of hydrogen-bond donors (Lipinski definition) is 0. The van der Waals surface area contributed by atoms with E-state index >= 15 is 0 Å². The Bertz CT molecular complexity index is 500. The lowest BCUT2D eigenvalue weighted by atomic mass is 9.83. The van der Waals surface area contributed by atoms with Gasteiger partial charge in [0.2, 0.25) is 0 Å². The molecule has 0 aliphatic carbocycles. The number of Topliss-reactive ketones (excluding diaryl/α,β-unsaturated/α-hetero) is 1. The van der Waals surface area contributed by atoms with Crippen molar-refractivity contribution in [2.75, 3.05) is 6.61 Å². The third kappa shape index (κ3) is 2.91. The van der Waals surface area contributed by atoms with Crippen molar-refractivity contribution < 1.29 is 14.3 Å². The molecular formula is C16H21BrO3. The lowest BCUT2D eigenvalue weighted by Gasteiger charge is -2.18. The molecule has 0 aromatic heterocycles. The third-order valence-corrected chi connectivity index (χ3v) is 4.72. The van der Waals surface area contributed by atoms with Gasteiger partial charge in [-0.3, -0.25) is 4.79 Å². The first kappa shape index (κ1) is 15.5. The highest BCUT2D eigenvalue weighted by Crippen LogP contribution is 2.36. The maximum Gasteiger partial charge on any atom is 0.170 e. The SMILES string of the molecule is CCOc1ccc(C(=O)C2C(C)OC(C)C2C)c(Br)c1. The van der Waals surface area contributed by atoms with Crippen molar-refractivity contribution in [3.05, 3.63) is 28.2 Å². The monoisotopic (exact) mass is 340 g/mol. The summed E-state index contributed by atoms with van der Waals surface area (Å²) in [4.78, 5) is 12.8. The van der Waals surface area contributed by atoms with Gasteiger partial charge in [0.1, 0.15) is 5.75 Å². The molecular weight excluding hydrogens is 320 g/mol. The highest BCUT2D eigenvalue weighted by Gasteiger charge is 2.42.